The molecule has 1 N–H and O–H groups in total. The number of rotatable bonds is 2. The fourth-order valence-electron chi connectivity index (χ4n) is 3.23. The largest absolute Gasteiger partial charge is 0.385 e. The van der Waals surface area contributed by atoms with E-state index < -0.39 is 6.10 Å². The molecule has 1 unspecified atom stereocenters. The van der Waals surface area contributed by atoms with Crippen molar-refractivity contribution >= 4 is 32.6 Å². The minimum atomic E-state index is -0.609. The van der Waals surface area contributed by atoms with Crippen LogP contribution in [0, 0.1) is 0 Å². The molecule has 3 aromatic heterocycles. The lowest BCUT2D eigenvalue weighted by Crippen LogP contribution is -2.27. The van der Waals surface area contributed by atoms with E-state index in [-0.39, 0.29) is 6.04 Å². The van der Waals surface area contributed by atoms with Gasteiger partial charge in [-0.2, -0.15) is 0 Å². The van der Waals surface area contributed by atoms with Gasteiger partial charge in [-0.3, -0.25) is 4.98 Å². The van der Waals surface area contributed by atoms with Crippen LogP contribution >= 0.6 is 11.3 Å². The Balaban J connectivity index is 1.96. The van der Waals surface area contributed by atoms with Crippen LogP contribution in [0.4, 0.5) is 0 Å². The van der Waals surface area contributed by atoms with Crippen molar-refractivity contribution in [3.05, 3.63) is 23.5 Å². The van der Waals surface area contributed by atoms with E-state index in [0.717, 1.165) is 34.1 Å². The molecular formula is C16H19N3O2S. The summed E-state index contributed by atoms with van der Waals surface area (Å²) in [4.78, 5) is 9.10. The second-order valence-corrected chi connectivity index (χ2v) is 6.93. The summed E-state index contributed by atoms with van der Waals surface area (Å²) in [6.07, 6.45) is 3.58. The fourth-order valence-corrected chi connectivity index (χ4v) is 4.12. The molecule has 6 heteroatoms. The Kier molecular flexibility index (Phi) is 3.40. The molecule has 3 aromatic rings. The van der Waals surface area contributed by atoms with E-state index in [1.54, 1.807) is 24.5 Å². The van der Waals surface area contributed by atoms with Crippen molar-refractivity contribution in [2.24, 2.45) is 0 Å². The van der Waals surface area contributed by atoms with Crippen molar-refractivity contribution in [1.29, 1.82) is 0 Å². The van der Waals surface area contributed by atoms with E-state index in [1.165, 1.54) is 0 Å². The van der Waals surface area contributed by atoms with Crippen molar-refractivity contribution < 1.29 is 9.84 Å². The van der Waals surface area contributed by atoms with Crippen LogP contribution in [-0.2, 0) is 4.74 Å². The SMILES string of the molecule is CC1CC[C@H](n2c([C@@H](C)O)nc3cnc4ccsc4c32)CO1. The molecule has 0 aliphatic carbocycles. The van der Waals surface area contributed by atoms with Crippen molar-refractivity contribution in [2.45, 2.75) is 44.9 Å². The molecule has 22 heavy (non-hydrogen) atoms. The molecule has 0 radical (unpaired) electrons. The molecule has 0 amide bonds. The number of hydrogen-bond donors (Lipinski definition) is 1. The third kappa shape index (κ3) is 2.14. The van der Waals surface area contributed by atoms with Gasteiger partial charge >= 0.3 is 0 Å². The van der Waals surface area contributed by atoms with Crippen LogP contribution in [0.15, 0.2) is 17.6 Å². The maximum absolute atomic E-state index is 10.2. The first-order valence-electron chi connectivity index (χ1n) is 7.69. The van der Waals surface area contributed by atoms with Crippen LogP contribution < -0.4 is 0 Å². The van der Waals surface area contributed by atoms with E-state index in [0.29, 0.717) is 18.5 Å². The predicted octanol–water partition coefficient (Wildman–Crippen LogP) is 3.44. The molecule has 4 rings (SSSR count). The summed E-state index contributed by atoms with van der Waals surface area (Å²) in [5, 5.41) is 12.2. The topological polar surface area (TPSA) is 60.2 Å². The molecule has 1 aliphatic heterocycles. The molecule has 116 valence electrons. The summed E-state index contributed by atoms with van der Waals surface area (Å²) in [5.41, 5.74) is 2.92. The zero-order chi connectivity index (χ0) is 15.3. The first kappa shape index (κ1) is 14.1. The van der Waals surface area contributed by atoms with Crippen LogP contribution in [0.25, 0.3) is 21.3 Å². The second kappa shape index (κ2) is 5.30. The number of aliphatic hydroxyl groups excluding tert-OH is 1. The Hall–Kier alpha value is -1.50. The van der Waals surface area contributed by atoms with E-state index >= 15 is 0 Å². The van der Waals surface area contributed by atoms with Crippen LogP contribution in [0.5, 0.6) is 0 Å². The Bertz CT molecular complexity index is 815. The Morgan fingerprint density at radius 1 is 1.41 bits per heavy atom. The minimum Gasteiger partial charge on any atom is -0.385 e. The molecule has 0 saturated carbocycles. The first-order valence-corrected chi connectivity index (χ1v) is 8.57. The van der Waals surface area contributed by atoms with Crippen LogP contribution in [0.2, 0.25) is 0 Å². The van der Waals surface area contributed by atoms with Gasteiger partial charge in [0.15, 0.2) is 0 Å². The van der Waals surface area contributed by atoms with Crippen molar-refractivity contribution in [3.63, 3.8) is 0 Å². The third-order valence-corrected chi connectivity index (χ3v) is 5.28. The summed E-state index contributed by atoms with van der Waals surface area (Å²) in [7, 11) is 0. The van der Waals surface area contributed by atoms with Gasteiger partial charge in [0.05, 0.1) is 40.7 Å². The number of ether oxygens (including phenoxy) is 1. The minimum absolute atomic E-state index is 0.221. The molecule has 4 heterocycles. The average molecular weight is 317 g/mol. The van der Waals surface area contributed by atoms with Gasteiger partial charge in [-0.05, 0) is 38.1 Å². The Morgan fingerprint density at radius 3 is 3.00 bits per heavy atom. The van der Waals surface area contributed by atoms with Gasteiger partial charge in [-0.25, -0.2) is 4.98 Å². The summed E-state index contributed by atoms with van der Waals surface area (Å²) < 4.78 is 9.17. The number of aliphatic hydroxyl groups is 1. The first-order chi connectivity index (χ1) is 10.6. The number of fused-ring (bicyclic) bond motifs is 3. The number of aromatic nitrogens is 3. The van der Waals surface area contributed by atoms with E-state index in [1.807, 2.05) is 6.07 Å². The number of imidazole rings is 1. The lowest BCUT2D eigenvalue weighted by Gasteiger charge is -2.29. The van der Waals surface area contributed by atoms with Gasteiger partial charge in [-0.15, -0.1) is 11.3 Å². The van der Waals surface area contributed by atoms with Crippen molar-refractivity contribution in [1.82, 2.24) is 14.5 Å². The highest BCUT2D eigenvalue weighted by molar-refractivity contribution is 7.18. The maximum atomic E-state index is 10.2. The van der Waals surface area contributed by atoms with Crippen LogP contribution in [0.1, 0.15) is 44.7 Å². The average Bonchev–Trinajstić information content (AvgIpc) is 3.11. The Morgan fingerprint density at radius 2 is 2.27 bits per heavy atom. The van der Waals surface area contributed by atoms with Gasteiger partial charge in [0.1, 0.15) is 17.4 Å². The monoisotopic (exact) mass is 317 g/mol. The third-order valence-electron chi connectivity index (χ3n) is 4.37. The molecule has 0 bridgehead atoms. The van der Waals surface area contributed by atoms with Crippen LogP contribution in [0.3, 0.4) is 0 Å². The lowest BCUT2D eigenvalue weighted by atomic mass is 10.1. The van der Waals surface area contributed by atoms with Gasteiger partial charge in [0.25, 0.3) is 0 Å². The maximum Gasteiger partial charge on any atom is 0.139 e. The van der Waals surface area contributed by atoms with Crippen molar-refractivity contribution in [3.8, 4) is 0 Å². The smallest absolute Gasteiger partial charge is 0.139 e. The number of thiophene rings is 1. The molecule has 3 atom stereocenters. The normalized spacial score (nSPS) is 24.1. The zero-order valence-electron chi connectivity index (χ0n) is 12.7. The highest BCUT2D eigenvalue weighted by Gasteiger charge is 2.27. The molecule has 5 nitrogen and oxygen atoms in total. The second-order valence-electron chi connectivity index (χ2n) is 6.02. The summed E-state index contributed by atoms with van der Waals surface area (Å²) >= 11 is 1.67. The highest BCUT2D eigenvalue weighted by atomic mass is 32.1. The molecule has 0 aromatic carbocycles. The number of pyridine rings is 1. The number of nitrogens with zero attached hydrogens (tertiary/aromatic N) is 3. The predicted molar refractivity (Wildman–Crippen MR) is 87.2 cm³/mol. The zero-order valence-corrected chi connectivity index (χ0v) is 13.5. The van der Waals surface area contributed by atoms with Gasteiger partial charge < -0.3 is 14.4 Å². The summed E-state index contributed by atoms with van der Waals surface area (Å²) in [6, 6.07) is 2.25. The molecule has 1 saturated heterocycles. The van der Waals surface area contributed by atoms with Gasteiger partial charge in [0, 0.05) is 0 Å². The highest BCUT2D eigenvalue weighted by Crippen LogP contribution is 2.35. The lowest BCUT2D eigenvalue weighted by molar-refractivity contribution is -0.00176. The van der Waals surface area contributed by atoms with E-state index in [2.05, 4.69) is 26.8 Å². The standard InChI is InChI=1S/C16H19N3O2S/c1-9-3-4-11(8-21-9)19-14-13(18-16(19)10(2)20)7-17-12-5-6-22-15(12)14/h5-7,9-11,20H,3-4,8H2,1-2H3/t9?,10-,11+/m1/s1. The summed E-state index contributed by atoms with van der Waals surface area (Å²) in [6.45, 7) is 4.55. The van der Waals surface area contributed by atoms with Crippen molar-refractivity contribution in [2.75, 3.05) is 6.61 Å². The number of hydrogen-bond acceptors (Lipinski definition) is 5. The van der Waals surface area contributed by atoms with E-state index in [9.17, 15) is 5.11 Å². The van der Waals surface area contributed by atoms with Gasteiger partial charge in [0.2, 0.25) is 0 Å². The molecule has 0 spiro atoms. The quantitative estimate of drug-likeness (QED) is 0.786. The van der Waals surface area contributed by atoms with E-state index in [4.69, 9.17) is 4.74 Å². The van der Waals surface area contributed by atoms with Crippen LogP contribution in [-0.4, -0.2) is 32.4 Å². The van der Waals surface area contributed by atoms with Gasteiger partial charge in [-0.1, -0.05) is 0 Å². The summed E-state index contributed by atoms with van der Waals surface area (Å²) in [5.74, 6) is 0.709. The Labute approximate surface area is 132 Å². The molecule has 1 aliphatic rings. The molecular weight excluding hydrogens is 298 g/mol. The molecule has 1 fully saturated rings. The fraction of sp³-hybridized carbons (Fsp3) is 0.500.